The van der Waals surface area contributed by atoms with E-state index in [2.05, 4.69) is 5.32 Å². The van der Waals surface area contributed by atoms with Gasteiger partial charge >= 0.3 is 0 Å². The Labute approximate surface area is 127 Å². The van der Waals surface area contributed by atoms with Crippen molar-refractivity contribution >= 4 is 28.9 Å². The summed E-state index contributed by atoms with van der Waals surface area (Å²) in [6.45, 7) is 0. The first-order valence-electron chi connectivity index (χ1n) is 6.13. The Morgan fingerprint density at radius 1 is 1.10 bits per heavy atom. The van der Waals surface area contributed by atoms with Gasteiger partial charge in [0, 0.05) is 29.1 Å². The van der Waals surface area contributed by atoms with Gasteiger partial charge in [0.2, 0.25) is 0 Å². The fourth-order valence-corrected chi connectivity index (χ4v) is 2.04. The molecule has 0 aliphatic heterocycles. The van der Waals surface area contributed by atoms with Crippen LogP contribution in [0.15, 0.2) is 36.4 Å². The highest BCUT2D eigenvalue weighted by Gasteiger charge is 2.12. The van der Waals surface area contributed by atoms with Gasteiger partial charge in [0.15, 0.2) is 0 Å². The van der Waals surface area contributed by atoms with E-state index in [1.165, 1.54) is 14.2 Å². The van der Waals surface area contributed by atoms with Crippen molar-refractivity contribution in [2.75, 3.05) is 25.3 Å². The quantitative estimate of drug-likeness (QED) is 0.851. The summed E-state index contributed by atoms with van der Waals surface area (Å²) in [5.41, 5.74) is 7.21. The number of hydrogen-bond acceptors (Lipinski definition) is 4. The molecule has 6 heteroatoms. The van der Waals surface area contributed by atoms with Crippen molar-refractivity contribution in [3.05, 3.63) is 47.0 Å². The minimum Gasteiger partial charge on any atom is -0.495 e. The minimum atomic E-state index is -0.263. The molecule has 0 aliphatic carbocycles. The number of benzene rings is 2. The molecule has 0 spiro atoms. The van der Waals surface area contributed by atoms with Crippen LogP contribution in [0.25, 0.3) is 0 Å². The first kappa shape index (κ1) is 15.0. The molecule has 0 aromatic heterocycles. The molecule has 5 nitrogen and oxygen atoms in total. The average molecular weight is 307 g/mol. The smallest absolute Gasteiger partial charge is 0.255 e. The summed E-state index contributed by atoms with van der Waals surface area (Å²) in [6, 6.07) is 9.88. The van der Waals surface area contributed by atoms with Crippen LogP contribution in [0.3, 0.4) is 0 Å². The molecule has 2 aromatic rings. The largest absolute Gasteiger partial charge is 0.495 e. The van der Waals surface area contributed by atoms with E-state index in [4.69, 9.17) is 26.8 Å². The summed E-state index contributed by atoms with van der Waals surface area (Å²) in [7, 11) is 2.98. The molecule has 0 bridgehead atoms. The maximum atomic E-state index is 12.1. The summed E-state index contributed by atoms with van der Waals surface area (Å²) in [4.78, 5) is 12.1. The number of nitrogens with one attached hydrogen (secondary N) is 1. The van der Waals surface area contributed by atoms with Gasteiger partial charge in [-0.25, -0.2) is 0 Å². The van der Waals surface area contributed by atoms with Crippen molar-refractivity contribution in [2.24, 2.45) is 0 Å². The second-order valence-corrected chi connectivity index (χ2v) is 4.65. The molecule has 0 atom stereocenters. The van der Waals surface area contributed by atoms with E-state index in [1.54, 1.807) is 36.4 Å². The molecule has 110 valence electrons. The molecule has 0 fully saturated rings. The molecule has 0 heterocycles. The third-order valence-electron chi connectivity index (χ3n) is 2.88. The number of halogens is 1. The lowest BCUT2D eigenvalue weighted by Crippen LogP contribution is -2.12. The van der Waals surface area contributed by atoms with Crippen molar-refractivity contribution in [1.82, 2.24) is 0 Å². The van der Waals surface area contributed by atoms with Crippen molar-refractivity contribution < 1.29 is 14.3 Å². The van der Waals surface area contributed by atoms with Gasteiger partial charge in [0.1, 0.15) is 16.5 Å². The number of nitrogens with two attached hydrogens (primary N) is 1. The molecule has 0 saturated heterocycles. The Morgan fingerprint density at radius 2 is 1.62 bits per heavy atom. The number of hydrogen-bond donors (Lipinski definition) is 2. The number of rotatable bonds is 4. The Bertz CT molecular complexity index is 631. The lowest BCUT2D eigenvalue weighted by molar-refractivity contribution is 0.102. The van der Waals surface area contributed by atoms with Gasteiger partial charge in [-0.3, -0.25) is 4.79 Å². The first-order valence-corrected chi connectivity index (χ1v) is 6.51. The van der Waals surface area contributed by atoms with Crippen LogP contribution in [-0.4, -0.2) is 20.1 Å². The molecule has 0 aliphatic rings. The number of ether oxygens (including phenoxy) is 2. The van der Waals surface area contributed by atoms with Crippen molar-refractivity contribution in [3.8, 4) is 11.5 Å². The SMILES string of the molecule is COc1cc(NC(=O)c2ccc(N)cc2)cc(OC)c1Cl. The van der Waals surface area contributed by atoms with Gasteiger partial charge < -0.3 is 20.5 Å². The molecule has 2 aromatic carbocycles. The average Bonchev–Trinajstić information content (AvgIpc) is 2.49. The third kappa shape index (κ3) is 3.38. The van der Waals surface area contributed by atoms with E-state index in [1.807, 2.05) is 0 Å². The van der Waals surface area contributed by atoms with Crippen LogP contribution in [0.2, 0.25) is 5.02 Å². The molecule has 0 radical (unpaired) electrons. The number of nitrogen functional groups attached to an aromatic ring is 1. The Balaban J connectivity index is 2.26. The number of amides is 1. The Kier molecular flexibility index (Phi) is 4.55. The summed E-state index contributed by atoms with van der Waals surface area (Å²) < 4.78 is 10.3. The molecular formula is C15H15ClN2O3. The van der Waals surface area contributed by atoms with Gasteiger partial charge in [-0.2, -0.15) is 0 Å². The van der Waals surface area contributed by atoms with E-state index < -0.39 is 0 Å². The normalized spacial score (nSPS) is 10.0. The van der Waals surface area contributed by atoms with Gasteiger partial charge in [-0.1, -0.05) is 11.6 Å². The number of carbonyl (C=O) groups is 1. The van der Waals surface area contributed by atoms with Crippen LogP contribution in [0, 0.1) is 0 Å². The molecule has 21 heavy (non-hydrogen) atoms. The second kappa shape index (κ2) is 6.37. The zero-order valence-corrected chi connectivity index (χ0v) is 12.4. The fourth-order valence-electron chi connectivity index (χ4n) is 1.78. The minimum absolute atomic E-state index is 0.263. The van der Waals surface area contributed by atoms with E-state index in [0.717, 1.165) is 0 Å². The Hall–Kier alpha value is -2.40. The highest BCUT2D eigenvalue weighted by molar-refractivity contribution is 6.33. The van der Waals surface area contributed by atoms with Crippen molar-refractivity contribution in [3.63, 3.8) is 0 Å². The second-order valence-electron chi connectivity index (χ2n) is 4.27. The highest BCUT2D eigenvalue weighted by Crippen LogP contribution is 2.37. The molecule has 0 unspecified atom stereocenters. The monoisotopic (exact) mass is 306 g/mol. The number of methoxy groups -OCH3 is 2. The van der Waals surface area contributed by atoms with Crippen LogP contribution >= 0.6 is 11.6 Å². The summed E-state index contributed by atoms with van der Waals surface area (Å²) >= 11 is 6.08. The van der Waals surface area contributed by atoms with Gasteiger partial charge in [0.05, 0.1) is 14.2 Å². The van der Waals surface area contributed by atoms with E-state index >= 15 is 0 Å². The molecule has 3 N–H and O–H groups in total. The van der Waals surface area contributed by atoms with Crippen LogP contribution in [0.5, 0.6) is 11.5 Å². The topological polar surface area (TPSA) is 73.6 Å². The highest BCUT2D eigenvalue weighted by atomic mass is 35.5. The van der Waals surface area contributed by atoms with Crippen LogP contribution in [-0.2, 0) is 0 Å². The maximum Gasteiger partial charge on any atom is 0.255 e. The summed E-state index contributed by atoms with van der Waals surface area (Å²) in [6.07, 6.45) is 0. The zero-order chi connectivity index (χ0) is 15.4. The van der Waals surface area contributed by atoms with Crippen LogP contribution in [0.1, 0.15) is 10.4 Å². The van der Waals surface area contributed by atoms with Gasteiger partial charge in [-0.05, 0) is 24.3 Å². The van der Waals surface area contributed by atoms with E-state index in [0.29, 0.717) is 33.5 Å². The molecular weight excluding hydrogens is 292 g/mol. The van der Waals surface area contributed by atoms with Gasteiger partial charge in [-0.15, -0.1) is 0 Å². The maximum absolute atomic E-state index is 12.1. The Morgan fingerprint density at radius 3 is 2.10 bits per heavy atom. The lowest BCUT2D eigenvalue weighted by Gasteiger charge is -2.12. The fraction of sp³-hybridized carbons (Fsp3) is 0.133. The number of anilines is 2. The van der Waals surface area contributed by atoms with E-state index in [-0.39, 0.29) is 5.91 Å². The first-order chi connectivity index (χ1) is 10.0. The van der Waals surface area contributed by atoms with E-state index in [9.17, 15) is 4.79 Å². The molecule has 0 saturated carbocycles. The van der Waals surface area contributed by atoms with Crippen molar-refractivity contribution in [1.29, 1.82) is 0 Å². The van der Waals surface area contributed by atoms with Crippen molar-refractivity contribution in [2.45, 2.75) is 0 Å². The molecule has 1 amide bonds. The summed E-state index contributed by atoms with van der Waals surface area (Å²) in [5.74, 6) is 0.577. The standard InChI is InChI=1S/C15H15ClN2O3/c1-20-12-7-11(8-13(21-2)14(12)16)18-15(19)9-3-5-10(17)6-4-9/h3-8H,17H2,1-2H3,(H,18,19). The van der Waals surface area contributed by atoms with Crippen LogP contribution in [0.4, 0.5) is 11.4 Å². The number of carbonyl (C=O) groups excluding carboxylic acids is 1. The van der Waals surface area contributed by atoms with Crippen LogP contribution < -0.4 is 20.5 Å². The summed E-state index contributed by atoms with van der Waals surface area (Å²) in [5, 5.41) is 3.11. The third-order valence-corrected chi connectivity index (χ3v) is 3.25. The lowest BCUT2D eigenvalue weighted by atomic mass is 10.2. The molecule has 2 rings (SSSR count). The predicted molar refractivity (Wildman–Crippen MR) is 83.4 cm³/mol. The van der Waals surface area contributed by atoms with Gasteiger partial charge in [0.25, 0.3) is 5.91 Å². The predicted octanol–water partition coefficient (Wildman–Crippen LogP) is 3.19. The zero-order valence-electron chi connectivity index (χ0n) is 11.6.